The van der Waals surface area contributed by atoms with Gasteiger partial charge in [-0.15, -0.1) is 0 Å². The van der Waals surface area contributed by atoms with Gasteiger partial charge >= 0.3 is 0 Å². The first-order valence-corrected chi connectivity index (χ1v) is 3.70. The van der Waals surface area contributed by atoms with Gasteiger partial charge in [-0.1, -0.05) is 25.0 Å². The second kappa shape index (κ2) is 3.65. The minimum Gasteiger partial charge on any atom is -0.243 e. The summed E-state index contributed by atoms with van der Waals surface area (Å²) >= 11 is 0. The van der Waals surface area contributed by atoms with Gasteiger partial charge in [-0.25, -0.2) is 4.39 Å². The van der Waals surface area contributed by atoms with Gasteiger partial charge in [0.15, 0.2) is 0 Å². The van der Waals surface area contributed by atoms with E-state index in [4.69, 9.17) is 0 Å². The molecule has 9 heavy (non-hydrogen) atoms. The van der Waals surface area contributed by atoms with Crippen molar-refractivity contribution in [1.82, 2.24) is 0 Å². The lowest BCUT2D eigenvalue weighted by Gasteiger charge is -2.05. The van der Waals surface area contributed by atoms with Gasteiger partial charge in [0, 0.05) is 0 Å². The van der Waals surface area contributed by atoms with Gasteiger partial charge in [0.1, 0.15) is 6.17 Å². The third-order valence-electron chi connectivity index (χ3n) is 1.70. The molecular formula is C8H13F. The van der Waals surface area contributed by atoms with Crippen LogP contribution in [0.2, 0.25) is 0 Å². The Morgan fingerprint density at radius 3 is 3.00 bits per heavy atom. The van der Waals surface area contributed by atoms with Gasteiger partial charge in [-0.3, -0.25) is 0 Å². The number of rotatable bonds is 0. The van der Waals surface area contributed by atoms with E-state index in [0.717, 1.165) is 19.3 Å². The van der Waals surface area contributed by atoms with E-state index in [1.54, 1.807) is 6.08 Å². The lowest BCUT2D eigenvalue weighted by molar-refractivity contribution is 0.360. The molecule has 1 rings (SSSR count). The molecule has 1 aliphatic rings. The van der Waals surface area contributed by atoms with Crippen LogP contribution in [-0.2, 0) is 0 Å². The van der Waals surface area contributed by atoms with E-state index in [-0.39, 0.29) is 0 Å². The lowest BCUT2D eigenvalue weighted by atomic mass is 10.1. The third kappa shape index (κ3) is 2.64. The molecule has 0 heterocycles. The Morgan fingerprint density at radius 1 is 1.22 bits per heavy atom. The van der Waals surface area contributed by atoms with Gasteiger partial charge in [0.2, 0.25) is 0 Å². The van der Waals surface area contributed by atoms with Crippen LogP contribution in [-0.4, -0.2) is 6.17 Å². The molecule has 0 spiro atoms. The maximum Gasteiger partial charge on any atom is 0.118 e. The largest absolute Gasteiger partial charge is 0.243 e. The molecule has 0 aromatic carbocycles. The summed E-state index contributed by atoms with van der Waals surface area (Å²) in [7, 11) is 0. The van der Waals surface area contributed by atoms with Crippen molar-refractivity contribution in [3.8, 4) is 0 Å². The average molecular weight is 128 g/mol. The summed E-state index contributed by atoms with van der Waals surface area (Å²) in [5.41, 5.74) is 0. The molecule has 0 aromatic rings. The number of allylic oxidation sites excluding steroid dienone is 2. The van der Waals surface area contributed by atoms with E-state index in [9.17, 15) is 4.39 Å². The summed E-state index contributed by atoms with van der Waals surface area (Å²) in [6.07, 6.45) is 8.30. The molecule has 0 fully saturated rings. The summed E-state index contributed by atoms with van der Waals surface area (Å²) in [5.74, 6) is 0. The predicted molar refractivity (Wildman–Crippen MR) is 37.1 cm³/mol. The van der Waals surface area contributed by atoms with Crippen molar-refractivity contribution in [1.29, 1.82) is 0 Å². The maximum atomic E-state index is 12.5. The van der Waals surface area contributed by atoms with E-state index >= 15 is 0 Å². The fourth-order valence-corrected chi connectivity index (χ4v) is 1.12. The molecule has 0 bridgehead atoms. The number of hydrogen-bond donors (Lipinski definition) is 0. The highest BCUT2D eigenvalue weighted by molar-refractivity contribution is 4.89. The van der Waals surface area contributed by atoms with E-state index in [1.807, 2.05) is 6.08 Å². The summed E-state index contributed by atoms with van der Waals surface area (Å²) < 4.78 is 12.5. The molecule has 0 N–H and O–H groups in total. The first-order chi connectivity index (χ1) is 4.39. The molecule has 0 aliphatic heterocycles. The molecule has 0 saturated carbocycles. The normalized spacial score (nSPS) is 29.2. The second-order valence-corrected chi connectivity index (χ2v) is 2.58. The van der Waals surface area contributed by atoms with E-state index < -0.39 is 6.17 Å². The first-order valence-electron chi connectivity index (χ1n) is 3.70. The van der Waals surface area contributed by atoms with Gasteiger partial charge in [-0.05, 0) is 19.3 Å². The standard InChI is InChI=1S/C8H13F/c9-8-6-4-2-1-3-5-7-8/h4,6,8H,1-3,5,7H2. The van der Waals surface area contributed by atoms with Crippen LogP contribution in [0.15, 0.2) is 12.2 Å². The fourth-order valence-electron chi connectivity index (χ4n) is 1.12. The van der Waals surface area contributed by atoms with Gasteiger partial charge < -0.3 is 0 Å². The first kappa shape index (κ1) is 6.79. The van der Waals surface area contributed by atoms with Crippen LogP contribution in [0.5, 0.6) is 0 Å². The molecule has 0 radical (unpaired) electrons. The summed E-state index contributed by atoms with van der Waals surface area (Å²) in [5, 5.41) is 0. The van der Waals surface area contributed by atoms with Crippen LogP contribution < -0.4 is 0 Å². The molecule has 0 aromatic heterocycles. The van der Waals surface area contributed by atoms with E-state index in [1.165, 1.54) is 12.8 Å². The van der Waals surface area contributed by atoms with Crippen molar-refractivity contribution in [2.24, 2.45) is 0 Å². The van der Waals surface area contributed by atoms with Gasteiger partial charge in [0.25, 0.3) is 0 Å². The van der Waals surface area contributed by atoms with Crippen LogP contribution in [0, 0.1) is 0 Å². The Balaban J connectivity index is 2.30. The van der Waals surface area contributed by atoms with Crippen LogP contribution in [0.25, 0.3) is 0 Å². The van der Waals surface area contributed by atoms with Gasteiger partial charge in [-0.2, -0.15) is 0 Å². The molecular weight excluding hydrogens is 115 g/mol. The summed E-state index contributed by atoms with van der Waals surface area (Å²) in [4.78, 5) is 0. The highest BCUT2D eigenvalue weighted by Gasteiger charge is 2.02. The van der Waals surface area contributed by atoms with Crippen molar-refractivity contribution in [2.45, 2.75) is 38.3 Å². The fraction of sp³-hybridized carbons (Fsp3) is 0.750. The third-order valence-corrected chi connectivity index (χ3v) is 1.70. The molecule has 1 aliphatic carbocycles. The zero-order chi connectivity index (χ0) is 6.53. The molecule has 1 unspecified atom stereocenters. The average Bonchev–Trinajstić information content (AvgIpc) is 1.79. The smallest absolute Gasteiger partial charge is 0.118 e. The van der Waals surface area contributed by atoms with E-state index in [0.29, 0.717) is 0 Å². The van der Waals surface area contributed by atoms with Crippen LogP contribution in [0.3, 0.4) is 0 Å². The Kier molecular flexibility index (Phi) is 2.75. The summed E-state index contributed by atoms with van der Waals surface area (Å²) in [6.45, 7) is 0. The zero-order valence-corrected chi connectivity index (χ0v) is 5.65. The van der Waals surface area contributed by atoms with Crippen LogP contribution in [0.1, 0.15) is 32.1 Å². The van der Waals surface area contributed by atoms with Crippen LogP contribution >= 0.6 is 0 Å². The van der Waals surface area contributed by atoms with Crippen molar-refractivity contribution in [2.75, 3.05) is 0 Å². The van der Waals surface area contributed by atoms with Gasteiger partial charge in [0.05, 0.1) is 0 Å². The van der Waals surface area contributed by atoms with Crippen LogP contribution in [0.4, 0.5) is 4.39 Å². The summed E-state index contributed by atoms with van der Waals surface area (Å²) in [6, 6.07) is 0. The molecule has 1 heteroatoms. The number of halogens is 1. The quantitative estimate of drug-likeness (QED) is 0.440. The van der Waals surface area contributed by atoms with Crippen molar-refractivity contribution >= 4 is 0 Å². The predicted octanol–water partition coefficient (Wildman–Crippen LogP) is 2.84. The minimum absolute atomic E-state index is 0.662. The topological polar surface area (TPSA) is 0 Å². The highest BCUT2D eigenvalue weighted by Crippen LogP contribution is 2.13. The van der Waals surface area contributed by atoms with Crippen molar-refractivity contribution in [3.63, 3.8) is 0 Å². The Hall–Kier alpha value is -0.330. The molecule has 1 atom stereocenters. The Morgan fingerprint density at radius 2 is 2.11 bits per heavy atom. The number of alkyl halides is 1. The maximum absolute atomic E-state index is 12.5. The SMILES string of the molecule is FC1C=CCCCCC1. The molecule has 0 nitrogen and oxygen atoms in total. The molecule has 0 saturated heterocycles. The van der Waals surface area contributed by atoms with E-state index in [2.05, 4.69) is 0 Å². The molecule has 0 amide bonds. The minimum atomic E-state index is -0.662. The zero-order valence-electron chi connectivity index (χ0n) is 5.65. The van der Waals surface area contributed by atoms with Crippen molar-refractivity contribution < 1.29 is 4.39 Å². The lowest BCUT2D eigenvalue weighted by Crippen LogP contribution is -1.96. The Labute approximate surface area is 55.8 Å². The Bertz CT molecular complexity index is 96.7. The monoisotopic (exact) mass is 128 g/mol. The van der Waals surface area contributed by atoms with Crippen molar-refractivity contribution in [3.05, 3.63) is 12.2 Å². The second-order valence-electron chi connectivity index (χ2n) is 2.58. The number of hydrogen-bond acceptors (Lipinski definition) is 0. The molecule has 52 valence electrons. The highest BCUT2D eigenvalue weighted by atomic mass is 19.1.